The van der Waals surface area contributed by atoms with Crippen LogP contribution in [0.25, 0.3) is 0 Å². The second-order valence-corrected chi connectivity index (χ2v) is 6.05. The van der Waals surface area contributed by atoms with Crippen molar-refractivity contribution in [2.75, 3.05) is 0 Å². The average molecular weight is 280 g/mol. The molecule has 1 aliphatic rings. The van der Waals surface area contributed by atoms with Crippen molar-refractivity contribution in [1.29, 1.82) is 0 Å². The van der Waals surface area contributed by atoms with Crippen LogP contribution in [-0.2, 0) is 0 Å². The molecule has 0 radical (unpaired) electrons. The maximum atomic E-state index is 12.3. The zero-order valence-electron chi connectivity index (χ0n) is 12.7. The van der Waals surface area contributed by atoms with Gasteiger partial charge in [0.25, 0.3) is 0 Å². The Balaban J connectivity index is 1.88. The van der Waals surface area contributed by atoms with E-state index < -0.39 is 0 Å². The van der Waals surface area contributed by atoms with E-state index in [0.29, 0.717) is 23.7 Å². The van der Waals surface area contributed by atoms with Crippen molar-refractivity contribution >= 4 is 5.78 Å². The quantitative estimate of drug-likeness (QED) is 0.788. The van der Waals surface area contributed by atoms with Crippen LogP contribution in [0.4, 0.5) is 0 Å². The lowest BCUT2D eigenvalue weighted by Gasteiger charge is -2.26. The fourth-order valence-electron chi connectivity index (χ4n) is 2.72. The number of hydrogen-bond donors (Lipinski definition) is 0. The van der Waals surface area contributed by atoms with Gasteiger partial charge in [-0.05, 0) is 36.1 Å². The highest BCUT2D eigenvalue weighted by atomic mass is 16.5. The molecule has 0 aliphatic carbocycles. The Kier molecular flexibility index (Phi) is 3.54. The average Bonchev–Trinajstić information content (AvgIpc) is 2.48. The second-order valence-electron chi connectivity index (χ2n) is 6.05. The van der Waals surface area contributed by atoms with E-state index >= 15 is 0 Å². The highest BCUT2D eigenvalue weighted by Gasteiger charge is 2.27. The number of fused-ring (bicyclic) bond motifs is 1. The smallest absolute Gasteiger partial charge is 0.170 e. The minimum atomic E-state index is -0.172. The SMILES string of the molecule is Cc1ccc2c(c1)C(=O)CC(c1ccc(C(C)C)cc1)O2. The molecule has 0 aromatic heterocycles. The van der Waals surface area contributed by atoms with E-state index in [9.17, 15) is 4.79 Å². The Bertz CT molecular complexity index is 668. The second kappa shape index (κ2) is 5.36. The van der Waals surface area contributed by atoms with Crippen LogP contribution in [0.2, 0.25) is 0 Å². The molecule has 1 unspecified atom stereocenters. The van der Waals surface area contributed by atoms with Gasteiger partial charge < -0.3 is 4.74 Å². The summed E-state index contributed by atoms with van der Waals surface area (Å²) in [4.78, 5) is 12.3. The van der Waals surface area contributed by atoms with Gasteiger partial charge in [0.15, 0.2) is 5.78 Å². The number of aryl methyl sites for hydroxylation is 1. The molecule has 0 bridgehead atoms. The van der Waals surface area contributed by atoms with Crippen LogP contribution in [0.15, 0.2) is 42.5 Å². The first-order valence-electron chi connectivity index (χ1n) is 7.45. The molecule has 0 amide bonds. The van der Waals surface area contributed by atoms with Crippen LogP contribution in [0.3, 0.4) is 0 Å². The molecule has 0 saturated heterocycles. The van der Waals surface area contributed by atoms with E-state index in [1.54, 1.807) is 0 Å². The Morgan fingerprint density at radius 2 is 1.81 bits per heavy atom. The topological polar surface area (TPSA) is 26.3 Å². The first-order valence-corrected chi connectivity index (χ1v) is 7.45. The van der Waals surface area contributed by atoms with Crippen molar-refractivity contribution in [2.24, 2.45) is 0 Å². The molecule has 21 heavy (non-hydrogen) atoms. The number of rotatable bonds is 2. The molecule has 2 aromatic carbocycles. The van der Waals surface area contributed by atoms with Crippen LogP contribution in [-0.4, -0.2) is 5.78 Å². The largest absolute Gasteiger partial charge is 0.484 e. The molecule has 108 valence electrons. The lowest BCUT2D eigenvalue weighted by molar-refractivity contribution is 0.0850. The fourth-order valence-corrected chi connectivity index (χ4v) is 2.72. The molecular weight excluding hydrogens is 260 g/mol. The third kappa shape index (κ3) is 2.71. The Morgan fingerprint density at radius 3 is 2.48 bits per heavy atom. The van der Waals surface area contributed by atoms with Crippen LogP contribution < -0.4 is 4.74 Å². The summed E-state index contributed by atoms with van der Waals surface area (Å²) in [6.07, 6.45) is 0.242. The summed E-state index contributed by atoms with van der Waals surface area (Å²) < 4.78 is 6.02. The van der Waals surface area contributed by atoms with Crippen molar-refractivity contribution in [3.63, 3.8) is 0 Å². The number of benzene rings is 2. The Labute approximate surface area is 125 Å². The van der Waals surface area contributed by atoms with E-state index in [4.69, 9.17) is 4.74 Å². The van der Waals surface area contributed by atoms with E-state index in [2.05, 4.69) is 38.1 Å². The Morgan fingerprint density at radius 1 is 1.10 bits per heavy atom. The zero-order chi connectivity index (χ0) is 15.0. The summed E-state index contributed by atoms with van der Waals surface area (Å²) in [5.74, 6) is 1.38. The summed E-state index contributed by atoms with van der Waals surface area (Å²) in [7, 11) is 0. The van der Waals surface area contributed by atoms with Crippen LogP contribution in [0, 0.1) is 6.92 Å². The minimum Gasteiger partial charge on any atom is -0.484 e. The van der Waals surface area contributed by atoms with Gasteiger partial charge in [0, 0.05) is 0 Å². The van der Waals surface area contributed by atoms with Crippen molar-refractivity contribution in [3.8, 4) is 5.75 Å². The number of ketones is 1. The normalized spacial score (nSPS) is 17.5. The summed E-state index contributed by atoms with van der Waals surface area (Å²) in [6, 6.07) is 14.2. The highest BCUT2D eigenvalue weighted by Crippen LogP contribution is 2.35. The lowest BCUT2D eigenvalue weighted by atomic mass is 9.93. The Hall–Kier alpha value is -2.09. The van der Waals surface area contributed by atoms with Crippen molar-refractivity contribution in [3.05, 3.63) is 64.7 Å². The molecule has 0 spiro atoms. The fraction of sp³-hybridized carbons (Fsp3) is 0.316. The molecule has 3 rings (SSSR count). The number of Topliss-reactive ketones (excluding diaryl/α,β-unsaturated/α-hetero) is 1. The molecule has 0 saturated carbocycles. The van der Waals surface area contributed by atoms with E-state index in [-0.39, 0.29) is 11.9 Å². The van der Waals surface area contributed by atoms with Gasteiger partial charge in [0.05, 0.1) is 12.0 Å². The van der Waals surface area contributed by atoms with E-state index in [1.807, 2.05) is 25.1 Å². The number of ether oxygens (including phenoxy) is 1. The summed E-state index contributed by atoms with van der Waals surface area (Å²) in [6.45, 7) is 6.34. The molecule has 2 aromatic rings. The van der Waals surface area contributed by atoms with Gasteiger partial charge in [0.1, 0.15) is 11.9 Å². The minimum absolute atomic E-state index is 0.165. The predicted octanol–water partition coefficient (Wildman–Crippen LogP) is 4.82. The van der Waals surface area contributed by atoms with Crippen LogP contribution in [0.5, 0.6) is 5.75 Å². The van der Waals surface area contributed by atoms with Gasteiger partial charge >= 0.3 is 0 Å². The van der Waals surface area contributed by atoms with Gasteiger partial charge in [-0.2, -0.15) is 0 Å². The number of hydrogen-bond acceptors (Lipinski definition) is 2. The monoisotopic (exact) mass is 280 g/mol. The van der Waals surface area contributed by atoms with Crippen LogP contribution in [0.1, 0.15) is 59.3 Å². The molecule has 1 atom stereocenters. The summed E-state index contributed by atoms with van der Waals surface area (Å²) in [5.41, 5.74) is 4.17. The van der Waals surface area contributed by atoms with E-state index in [0.717, 1.165) is 11.1 Å². The number of carbonyl (C=O) groups excluding carboxylic acids is 1. The summed E-state index contributed by atoms with van der Waals surface area (Å²) in [5, 5.41) is 0. The molecule has 2 heteroatoms. The van der Waals surface area contributed by atoms with Crippen molar-refractivity contribution in [2.45, 2.75) is 39.2 Å². The van der Waals surface area contributed by atoms with Gasteiger partial charge in [-0.3, -0.25) is 4.79 Å². The van der Waals surface area contributed by atoms with E-state index in [1.165, 1.54) is 5.56 Å². The maximum Gasteiger partial charge on any atom is 0.170 e. The van der Waals surface area contributed by atoms with Gasteiger partial charge in [-0.1, -0.05) is 49.7 Å². The third-order valence-corrected chi connectivity index (χ3v) is 4.05. The third-order valence-electron chi connectivity index (χ3n) is 4.05. The molecule has 1 heterocycles. The number of carbonyl (C=O) groups is 1. The molecular formula is C19H20O2. The van der Waals surface area contributed by atoms with Gasteiger partial charge in [-0.15, -0.1) is 0 Å². The maximum absolute atomic E-state index is 12.3. The predicted molar refractivity (Wildman–Crippen MR) is 84.0 cm³/mol. The molecule has 0 fully saturated rings. The summed E-state index contributed by atoms with van der Waals surface area (Å²) >= 11 is 0. The van der Waals surface area contributed by atoms with Gasteiger partial charge in [-0.25, -0.2) is 0 Å². The first-order chi connectivity index (χ1) is 10.0. The van der Waals surface area contributed by atoms with Crippen LogP contribution >= 0.6 is 0 Å². The highest BCUT2D eigenvalue weighted by molar-refractivity contribution is 6.00. The van der Waals surface area contributed by atoms with Crippen molar-refractivity contribution in [1.82, 2.24) is 0 Å². The lowest BCUT2D eigenvalue weighted by Crippen LogP contribution is -2.20. The van der Waals surface area contributed by atoms with Crippen molar-refractivity contribution < 1.29 is 9.53 Å². The standard InChI is InChI=1S/C19H20O2/c1-12(2)14-5-7-15(8-6-14)19-11-17(20)16-10-13(3)4-9-18(16)21-19/h4-10,12,19H,11H2,1-3H3. The molecule has 1 aliphatic heterocycles. The molecule has 0 N–H and O–H groups in total. The zero-order valence-corrected chi connectivity index (χ0v) is 12.7. The van der Waals surface area contributed by atoms with Gasteiger partial charge in [0.2, 0.25) is 0 Å². The first kappa shape index (κ1) is 13.9. The molecule has 2 nitrogen and oxygen atoms in total.